The molecule has 1 atom stereocenters. The second kappa shape index (κ2) is 4.23. The fourth-order valence-electron chi connectivity index (χ4n) is 1.62. The first-order chi connectivity index (χ1) is 7.20. The summed E-state index contributed by atoms with van der Waals surface area (Å²) in [5, 5.41) is 11.5. The Morgan fingerprint density at radius 1 is 1.40 bits per heavy atom. The van der Waals surface area contributed by atoms with Crippen molar-refractivity contribution in [2.75, 3.05) is 6.54 Å². The maximum Gasteiger partial charge on any atom is 0.0950 e. The fraction of sp³-hybridized carbons (Fsp3) is 0.273. The fourth-order valence-corrected chi connectivity index (χ4v) is 1.80. The number of aliphatic hydroxyl groups is 1. The molecule has 0 amide bonds. The number of hydrogen-bond acceptors (Lipinski definition) is 2. The minimum absolute atomic E-state index is 0.470. The lowest BCUT2D eigenvalue weighted by molar-refractivity contribution is 0.166. The maximum atomic E-state index is 9.75. The van der Waals surface area contributed by atoms with E-state index in [0.717, 1.165) is 16.6 Å². The highest BCUT2D eigenvalue weighted by Gasteiger charge is 2.09. The minimum Gasteiger partial charge on any atom is -0.387 e. The monoisotopic (exact) mass is 224 g/mol. The molecule has 0 aliphatic heterocycles. The number of fused-ring (bicyclic) bond motifs is 1. The van der Waals surface area contributed by atoms with Gasteiger partial charge in [-0.05, 0) is 37.2 Å². The van der Waals surface area contributed by atoms with Crippen LogP contribution in [0.2, 0.25) is 5.02 Å². The number of aromatic amines is 1. The smallest absolute Gasteiger partial charge is 0.0950 e. The molecule has 0 radical (unpaired) electrons. The van der Waals surface area contributed by atoms with E-state index >= 15 is 0 Å². The molecule has 4 heteroatoms. The van der Waals surface area contributed by atoms with Crippen LogP contribution in [-0.2, 0) is 0 Å². The highest BCUT2D eigenvalue weighted by molar-refractivity contribution is 6.31. The van der Waals surface area contributed by atoms with E-state index in [1.54, 1.807) is 0 Å². The van der Waals surface area contributed by atoms with E-state index in [-0.39, 0.29) is 0 Å². The summed E-state index contributed by atoms with van der Waals surface area (Å²) < 4.78 is 0. The molecule has 0 fully saturated rings. The molecule has 4 N–H and O–H groups in total. The molecule has 80 valence electrons. The van der Waals surface area contributed by atoms with E-state index in [1.807, 2.05) is 24.3 Å². The highest BCUT2D eigenvalue weighted by Crippen LogP contribution is 2.24. The van der Waals surface area contributed by atoms with Crippen LogP contribution >= 0.6 is 11.6 Å². The minimum atomic E-state index is -0.527. The quantitative estimate of drug-likeness (QED) is 0.749. The van der Waals surface area contributed by atoms with Crippen molar-refractivity contribution in [3.63, 3.8) is 0 Å². The SMILES string of the molecule is NCC[C@H](O)c1cc2cc(Cl)ccc2[nH]1. The lowest BCUT2D eigenvalue weighted by atomic mass is 10.2. The Hall–Kier alpha value is -1.03. The normalized spacial score (nSPS) is 13.3. The van der Waals surface area contributed by atoms with Crippen molar-refractivity contribution in [1.82, 2.24) is 4.98 Å². The standard InChI is InChI=1S/C11H13ClN2O/c12-8-1-2-9-7(5-8)6-10(14-9)11(15)3-4-13/h1-2,5-6,11,14-15H,3-4,13H2/t11-/m0/s1. The first kappa shape index (κ1) is 10.5. The second-order valence-corrected chi connectivity index (χ2v) is 3.99. The molecule has 0 saturated heterocycles. The van der Waals surface area contributed by atoms with E-state index in [0.29, 0.717) is 18.0 Å². The number of nitrogens with one attached hydrogen (secondary N) is 1. The molecule has 1 aromatic heterocycles. The average Bonchev–Trinajstić information content (AvgIpc) is 2.60. The molecule has 0 bridgehead atoms. The molecular weight excluding hydrogens is 212 g/mol. The third kappa shape index (κ3) is 2.15. The summed E-state index contributed by atoms with van der Waals surface area (Å²) in [6.45, 7) is 0.470. The van der Waals surface area contributed by atoms with E-state index in [2.05, 4.69) is 4.98 Å². The zero-order chi connectivity index (χ0) is 10.8. The van der Waals surface area contributed by atoms with E-state index < -0.39 is 6.10 Å². The molecule has 2 aromatic rings. The van der Waals surface area contributed by atoms with Gasteiger partial charge in [0.1, 0.15) is 0 Å². The molecule has 0 aliphatic carbocycles. The lowest BCUT2D eigenvalue weighted by Crippen LogP contribution is -2.06. The number of rotatable bonds is 3. The molecule has 3 nitrogen and oxygen atoms in total. The lowest BCUT2D eigenvalue weighted by Gasteiger charge is -2.05. The summed E-state index contributed by atoms with van der Waals surface area (Å²) in [5.41, 5.74) is 7.16. The van der Waals surface area contributed by atoms with Gasteiger partial charge in [-0.1, -0.05) is 11.6 Å². The van der Waals surface area contributed by atoms with Crippen LogP contribution in [0.1, 0.15) is 18.2 Å². The average molecular weight is 225 g/mol. The number of H-pyrrole nitrogens is 1. The highest BCUT2D eigenvalue weighted by atomic mass is 35.5. The number of nitrogens with two attached hydrogens (primary N) is 1. The Morgan fingerprint density at radius 2 is 2.20 bits per heavy atom. The van der Waals surface area contributed by atoms with Gasteiger partial charge in [-0.2, -0.15) is 0 Å². The van der Waals surface area contributed by atoms with Crippen LogP contribution in [0, 0.1) is 0 Å². The van der Waals surface area contributed by atoms with Crippen LogP contribution in [0.25, 0.3) is 10.9 Å². The second-order valence-electron chi connectivity index (χ2n) is 3.55. The van der Waals surface area contributed by atoms with E-state index in [1.165, 1.54) is 0 Å². The van der Waals surface area contributed by atoms with Crippen molar-refractivity contribution >= 4 is 22.5 Å². The number of aliphatic hydroxyl groups excluding tert-OH is 1. The molecule has 0 aliphatic rings. The third-order valence-corrected chi connectivity index (χ3v) is 2.64. The van der Waals surface area contributed by atoms with Crippen molar-refractivity contribution in [2.24, 2.45) is 5.73 Å². The summed E-state index contributed by atoms with van der Waals surface area (Å²) in [4.78, 5) is 3.14. The van der Waals surface area contributed by atoms with Crippen molar-refractivity contribution in [2.45, 2.75) is 12.5 Å². The topological polar surface area (TPSA) is 62.0 Å². The van der Waals surface area contributed by atoms with Crippen LogP contribution in [0.3, 0.4) is 0 Å². The van der Waals surface area contributed by atoms with Crippen molar-refractivity contribution in [3.8, 4) is 0 Å². The Kier molecular flexibility index (Phi) is 2.95. The third-order valence-electron chi connectivity index (χ3n) is 2.40. The molecule has 0 unspecified atom stereocenters. The van der Waals surface area contributed by atoms with Gasteiger partial charge in [0.2, 0.25) is 0 Å². The van der Waals surface area contributed by atoms with Gasteiger partial charge >= 0.3 is 0 Å². The van der Waals surface area contributed by atoms with Gasteiger partial charge in [-0.25, -0.2) is 0 Å². The first-order valence-corrected chi connectivity index (χ1v) is 5.25. The van der Waals surface area contributed by atoms with Crippen molar-refractivity contribution in [1.29, 1.82) is 0 Å². The van der Waals surface area contributed by atoms with Gasteiger partial charge in [0.15, 0.2) is 0 Å². The Morgan fingerprint density at radius 3 is 2.93 bits per heavy atom. The van der Waals surface area contributed by atoms with Gasteiger partial charge in [-0.3, -0.25) is 0 Å². The zero-order valence-electron chi connectivity index (χ0n) is 8.20. The van der Waals surface area contributed by atoms with Crippen LogP contribution in [0.15, 0.2) is 24.3 Å². The first-order valence-electron chi connectivity index (χ1n) is 4.87. The number of hydrogen-bond donors (Lipinski definition) is 3. The summed E-state index contributed by atoms with van der Waals surface area (Å²) in [6, 6.07) is 7.49. The molecule has 2 rings (SSSR count). The van der Waals surface area contributed by atoms with Gasteiger partial charge in [0.25, 0.3) is 0 Å². The maximum absolute atomic E-state index is 9.75. The summed E-state index contributed by atoms with van der Waals surface area (Å²) in [7, 11) is 0. The summed E-state index contributed by atoms with van der Waals surface area (Å²) >= 11 is 5.87. The van der Waals surface area contributed by atoms with E-state index in [9.17, 15) is 5.11 Å². The zero-order valence-corrected chi connectivity index (χ0v) is 8.96. The molecular formula is C11H13ClN2O. The Balaban J connectivity index is 2.38. The Bertz CT molecular complexity index is 467. The van der Waals surface area contributed by atoms with Gasteiger partial charge in [0, 0.05) is 21.6 Å². The largest absolute Gasteiger partial charge is 0.387 e. The van der Waals surface area contributed by atoms with Gasteiger partial charge in [-0.15, -0.1) is 0 Å². The number of aromatic nitrogens is 1. The predicted octanol–water partition coefficient (Wildman–Crippen LogP) is 2.20. The Labute approximate surface area is 92.9 Å². The van der Waals surface area contributed by atoms with Gasteiger partial charge < -0.3 is 15.8 Å². The van der Waals surface area contributed by atoms with Crippen molar-refractivity contribution in [3.05, 3.63) is 35.0 Å². The number of benzene rings is 1. The van der Waals surface area contributed by atoms with Crippen LogP contribution in [0.5, 0.6) is 0 Å². The summed E-state index contributed by atoms with van der Waals surface area (Å²) in [6.07, 6.45) is 0.0294. The van der Waals surface area contributed by atoms with Gasteiger partial charge in [0.05, 0.1) is 6.10 Å². The summed E-state index contributed by atoms with van der Waals surface area (Å²) in [5.74, 6) is 0. The molecule has 1 heterocycles. The van der Waals surface area contributed by atoms with E-state index in [4.69, 9.17) is 17.3 Å². The molecule has 1 aromatic carbocycles. The molecule has 15 heavy (non-hydrogen) atoms. The molecule has 0 spiro atoms. The van der Waals surface area contributed by atoms with Crippen molar-refractivity contribution < 1.29 is 5.11 Å². The number of halogens is 1. The van der Waals surface area contributed by atoms with Crippen LogP contribution in [-0.4, -0.2) is 16.6 Å². The molecule has 0 saturated carbocycles. The van der Waals surface area contributed by atoms with Crippen LogP contribution < -0.4 is 5.73 Å². The van der Waals surface area contributed by atoms with Crippen LogP contribution in [0.4, 0.5) is 0 Å². The predicted molar refractivity (Wildman–Crippen MR) is 61.9 cm³/mol.